The Hall–Kier alpha value is -0.650. The molecule has 0 aromatic rings. The van der Waals surface area contributed by atoms with Crippen LogP contribution in [0.3, 0.4) is 0 Å². The van der Waals surface area contributed by atoms with Crippen LogP contribution < -0.4 is 5.73 Å². The largest absolute Gasteiger partial charge is 0.462 e. The van der Waals surface area contributed by atoms with Gasteiger partial charge in [-0.05, 0) is 19.3 Å². The van der Waals surface area contributed by atoms with Gasteiger partial charge in [0.05, 0.1) is 12.7 Å². The number of hydrogen-bond donors (Lipinski definition) is 2. The molecule has 1 aliphatic rings. The molecule has 5 nitrogen and oxygen atoms in total. The summed E-state index contributed by atoms with van der Waals surface area (Å²) in [5, 5.41) is 8.59. The maximum Gasteiger partial charge on any atom is 0.325 e. The zero-order valence-electron chi connectivity index (χ0n) is 8.15. The first-order valence-electron chi connectivity index (χ1n) is 4.88. The van der Waals surface area contributed by atoms with E-state index in [0.29, 0.717) is 0 Å². The Labute approximate surface area is 83.2 Å². The van der Waals surface area contributed by atoms with E-state index >= 15 is 0 Å². The number of esters is 1. The van der Waals surface area contributed by atoms with Gasteiger partial charge in [-0.15, -0.1) is 0 Å². The van der Waals surface area contributed by atoms with Crippen LogP contribution in [0.1, 0.15) is 19.3 Å². The van der Waals surface area contributed by atoms with Crippen LogP contribution in [0.25, 0.3) is 0 Å². The van der Waals surface area contributed by atoms with Crippen molar-refractivity contribution in [1.82, 2.24) is 0 Å². The van der Waals surface area contributed by atoms with Gasteiger partial charge >= 0.3 is 5.97 Å². The van der Waals surface area contributed by atoms with Crippen LogP contribution >= 0.6 is 0 Å². The Morgan fingerprint density at radius 1 is 1.64 bits per heavy atom. The lowest BCUT2D eigenvalue weighted by Crippen LogP contribution is -2.37. The smallest absolute Gasteiger partial charge is 0.325 e. The van der Waals surface area contributed by atoms with E-state index in [1.165, 1.54) is 0 Å². The Bertz CT molecular complexity index is 180. The van der Waals surface area contributed by atoms with Gasteiger partial charge in [-0.1, -0.05) is 0 Å². The molecular formula is C9H17NO4. The highest BCUT2D eigenvalue weighted by molar-refractivity contribution is 5.75. The highest BCUT2D eigenvalue weighted by Crippen LogP contribution is 2.12. The quantitative estimate of drug-likeness (QED) is 0.597. The second-order valence-corrected chi connectivity index (χ2v) is 3.41. The maximum atomic E-state index is 11.1. The molecule has 0 radical (unpaired) electrons. The van der Waals surface area contributed by atoms with E-state index in [2.05, 4.69) is 0 Å². The lowest BCUT2D eigenvalue weighted by atomic mass is 10.1. The highest BCUT2D eigenvalue weighted by Gasteiger charge is 2.18. The number of carbonyl (C=O) groups is 1. The third-order valence-electron chi connectivity index (χ3n) is 2.18. The van der Waals surface area contributed by atoms with E-state index < -0.39 is 12.0 Å². The van der Waals surface area contributed by atoms with E-state index in [9.17, 15) is 4.79 Å². The minimum atomic E-state index is -0.932. The van der Waals surface area contributed by atoms with Gasteiger partial charge in [-0.2, -0.15) is 0 Å². The van der Waals surface area contributed by atoms with Gasteiger partial charge in [0, 0.05) is 6.61 Å². The fourth-order valence-corrected chi connectivity index (χ4v) is 1.30. The molecule has 1 heterocycles. The fraction of sp³-hybridized carbons (Fsp3) is 0.889. The fourth-order valence-electron chi connectivity index (χ4n) is 1.30. The molecule has 82 valence electrons. The minimum absolute atomic E-state index is 0.00130. The van der Waals surface area contributed by atoms with Crippen LogP contribution in [-0.4, -0.2) is 43.0 Å². The van der Waals surface area contributed by atoms with Crippen LogP contribution in [0, 0.1) is 0 Å². The Kier molecular flexibility index (Phi) is 4.86. The van der Waals surface area contributed by atoms with Crippen molar-refractivity contribution in [2.45, 2.75) is 31.4 Å². The van der Waals surface area contributed by atoms with E-state index in [4.69, 9.17) is 20.3 Å². The number of nitrogens with two attached hydrogens (primary N) is 1. The first kappa shape index (κ1) is 11.4. The van der Waals surface area contributed by atoms with Crippen molar-refractivity contribution < 1.29 is 19.4 Å². The van der Waals surface area contributed by atoms with Crippen molar-refractivity contribution in [2.75, 3.05) is 19.8 Å². The van der Waals surface area contributed by atoms with Crippen LogP contribution in [0.5, 0.6) is 0 Å². The summed E-state index contributed by atoms with van der Waals surface area (Å²) in [6, 6.07) is -0.932. The normalized spacial score (nSPS) is 24.3. The van der Waals surface area contributed by atoms with E-state index in [1.54, 1.807) is 0 Å². The first-order chi connectivity index (χ1) is 6.74. The third-order valence-corrected chi connectivity index (χ3v) is 2.18. The summed E-state index contributed by atoms with van der Waals surface area (Å²) < 4.78 is 10.2. The van der Waals surface area contributed by atoms with Gasteiger partial charge in [-0.3, -0.25) is 4.79 Å². The minimum Gasteiger partial charge on any atom is -0.462 e. The number of ether oxygens (including phenoxy) is 2. The Balaban J connectivity index is 2.15. The monoisotopic (exact) mass is 203 g/mol. The Morgan fingerprint density at radius 2 is 2.43 bits per heavy atom. The molecule has 14 heavy (non-hydrogen) atoms. The lowest BCUT2D eigenvalue weighted by molar-refractivity contribution is -0.151. The second-order valence-electron chi connectivity index (χ2n) is 3.41. The molecule has 1 aliphatic heterocycles. The average Bonchev–Trinajstić information content (AvgIpc) is 2.26. The van der Waals surface area contributed by atoms with Crippen LogP contribution in [0.4, 0.5) is 0 Å². The maximum absolute atomic E-state index is 11.1. The predicted octanol–water partition coefficient (Wildman–Crippen LogP) is -0.582. The molecule has 1 saturated heterocycles. The number of aliphatic hydroxyl groups excluding tert-OH is 1. The number of carbonyl (C=O) groups excluding carboxylic acids is 1. The van der Waals surface area contributed by atoms with Crippen molar-refractivity contribution in [1.29, 1.82) is 0 Å². The number of rotatable bonds is 4. The molecule has 5 heteroatoms. The summed E-state index contributed by atoms with van der Waals surface area (Å²) in [4.78, 5) is 11.1. The van der Waals surface area contributed by atoms with Crippen molar-refractivity contribution in [2.24, 2.45) is 5.73 Å². The molecule has 3 N–H and O–H groups in total. The number of hydrogen-bond acceptors (Lipinski definition) is 5. The van der Waals surface area contributed by atoms with E-state index in [-0.39, 0.29) is 19.3 Å². The molecule has 0 aromatic heterocycles. The molecule has 1 rings (SSSR count). The molecular weight excluding hydrogens is 186 g/mol. The van der Waals surface area contributed by atoms with Crippen LogP contribution in [-0.2, 0) is 14.3 Å². The molecule has 1 fully saturated rings. The predicted molar refractivity (Wildman–Crippen MR) is 49.6 cm³/mol. The van der Waals surface area contributed by atoms with Gasteiger partial charge in [0.25, 0.3) is 0 Å². The van der Waals surface area contributed by atoms with Crippen molar-refractivity contribution >= 4 is 5.97 Å². The van der Waals surface area contributed by atoms with E-state index in [0.717, 1.165) is 25.9 Å². The number of aliphatic hydroxyl groups is 1. The van der Waals surface area contributed by atoms with Gasteiger partial charge in [0.2, 0.25) is 0 Å². The lowest BCUT2D eigenvalue weighted by Gasteiger charge is -2.22. The zero-order chi connectivity index (χ0) is 10.4. The molecule has 0 saturated carbocycles. The van der Waals surface area contributed by atoms with Crippen molar-refractivity contribution in [3.05, 3.63) is 0 Å². The summed E-state index contributed by atoms with van der Waals surface area (Å²) in [6.07, 6.45) is 3.09. The molecule has 0 bridgehead atoms. The van der Waals surface area contributed by atoms with Crippen LogP contribution in [0.2, 0.25) is 0 Å². The standard InChI is InChI=1S/C9H17NO4/c10-8(5-11)9(12)14-6-7-3-1-2-4-13-7/h7-8,11H,1-6,10H2/t7?,8-/m1/s1. The van der Waals surface area contributed by atoms with Crippen molar-refractivity contribution in [3.63, 3.8) is 0 Å². The van der Waals surface area contributed by atoms with Crippen molar-refractivity contribution in [3.8, 4) is 0 Å². The second kappa shape index (κ2) is 5.95. The molecule has 0 aromatic carbocycles. The van der Waals surface area contributed by atoms with Gasteiger partial charge in [0.1, 0.15) is 12.6 Å². The molecule has 2 atom stereocenters. The van der Waals surface area contributed by atoms with Gasteiger partial charge in [0.15, 0.2) is 0 Å². The Morgan fingerprint density at radius 3 is 3.00 bits per heavy atom. The summed E-state index contributed by atoms with van der Waals surface area (Å²) in [6.45, 7) is 0.588. The topological polar surface area (TPSA) is 81.8 Å². The van der Waals surface area contributed by atoms with E-state index in [1.807, 2.05) is 0 Å². The summed E-state index contributed by atoms with van der Waals surface area (Å²) in [5.74, 6) is -0.568. The summed E-state index contributed by atoms with van der Waals surface area (Å²) in [5.41, 5.74) is 5.27. The molecule has 1 unspecified atom stereocenters. The third kappa shape index (κ3) is 3.61. The van der Waals surface area contributed by atoms with Gasteiger partial charge < -0.3 is 20.3 Å². The summed E-state index contributed by atoms with van der Waals surface area (Å²) >= 11 is 0. The molecule has 0 spiro atoms. The summed E-state index contributed by atoms with van der Waals surface area (Å²) in [7, 11) is 0. The highest BCUT2D eigenvalue weighted by atomic mass is 16.6. The van der Waals surface area contributed by atoms with Crippen LogP contribution in [0.15, 0.2) is 0 Å². The SMILES string of the molecule is N[C@H](CO)C(=O)OCC1CCCCO1. The first-order valence-corrected chi connectivity index (χ1v) is 4.88. The van der Waals surface area contributed by atoms with Gasteiger partial charge in [-0.25, -0.2) is 0 Å². The molecule has 0 amide bonds. The average molecular weight is 203 g/mol. The molecule has 0 aliphatic carbocycles. The zero-order valence-corrected chi connectivity index (χ0v) is 8.15.